The van der Waals surface area contributed by atoms with E-state index in [4.69, 9.17) is 0 Å². The molecule has 1 saturated heterocycles. The van der Waals surface area contributed by atoms with Gasteiger partial charge in [-0.3, -0.25) is 19.4 Å². The van der Waals surface area contributed by atoms with E-state index in [1.54, 1.807) is 0 Å². The van der Waals surface area contributed by atoms with Gasteiger partial charge in [0.15, 0.2) is 0 Å². The van der Waals surface area contributed by atoms with E-state index < -0.39 is 0 Å². The maximum atomic E-state index is 12.9. The minimum absolute atomic E-state index is 0.0236. The van der Waals surface area contributed by atoms with E-state index in [0.29, 0.717) is 13.1 Å². The van der Waals surface area contributed by atoms with Gasteiger partial charge in [-0.05, 0) is 56.7 Å². The van der Waals surface area contributed by atoms with Crippen LogP contribution in [0.3, 0.4) is 0 Å². The number of benzene rings is 1. The van der Waals surface area contributed by atoms with Crippen molar-refractivity contribution in [2.45, 2.75) is 46.5 Å². The van der Waals surface area contributed by atoms with E-state index in [2.05, 4.69) is 41.1 Å². The molecule has 6 heteroatoms. The second-order valence-electron chi connectivity index (χ2n) is 8.48. The molecule has 0 unspecified atom stereocenters. The highest BCUT2D eigenvalue weighted by molar-refractivity contribution is 5.93. The van der Waals surface area contributed by atoms with Gasteiger partial charge in [0.05, 0.1) is 13.1 Å². The van der Waals surface area contributed by atoms with Gasteiger partial charge in [-0.25, -0.2) is 0 Å². The van der Waals surface area contributed by atoms with Crippen LogP contribution in [0, 0.1) is 13.8 Å². The summed E-state index contributed by atoms with van der Waals surface area (Å²) in [6.45, 7) is 11.1. The molecule has 1 heterocycles. The molecule has 2 amide bonds. The van der Waals surface area contributed by atoms with Gasteiger partial charge in [-0.1, -0.05) is 25.1 Å². The second-order valence-corrected chi connectivity index (χ2v) is 8.48. The number of nitrogens with one attached hydrogen (secondary N) is 1. The van der Waals surface area contributed by atoms with Crippen LogP contribution >= 0.6 is 0 Å². The van der Waals surface area contributed by atoms with Crippen molar-refractivity contribution in [1.82, 2.24) is 14.7 Å². The van der Waals surface area contributed by atoms with Gasteiger partial charge >= 0.3 is 0 Å². The van der Waals surface area contributed by atoms with Crippen LogP contribution in [-0.4, -0.2) is 72.3 Å². The Morgan fingerprint density at radius 3 is 2.40 bits per heavy atom. The third-order valence-electron chi connectivity index (χ3n) is 6.18. The van der Waals surface area contributed by atoms with Crippen LogP contribution in [0.15, 0.2) is 30.0 Å². The smallest absolute Gasteiger partial charge is 0.240 e. The summed E-state index contributed by atoms with van der Waals surface area (Å²) in [5.41, 5.74) is 4.39. The Morgan fingerprint density at radius 2 is 1.77 bits per heavy atom. The summed E-state index contributed by atoms with van der Waals surface area (Å²) in [4.78, 5) is 31.7. The highest BCUT2D eigenvalue weighted by Gasteiger charge is 2.25. The van der Waals surface area contributed by atoms with Crippen LogP contribution in [-0.2, 0) is 9.59 Å². The Balaban J connectivity index is 1.44. The topological polar surface area (TPSA) is 55.9 Å². The van der Waals surface area contributed by atoms with Crippen molar-refractivity contribution in [3.63, 3.8) is 0 Å². The molecule has 1 aromatic rings. The fourth-order valence-electron chi connectivity index (χ4n) is 4.21. The molecule has 0 saturated carbocycles. The zero-order valence-corrected chi connectivity index (χ0v) is 18.7. The molecule has 1 aliphatic heterocycles. The van der Waals surface area contributed by atoms with Crippen molar-refractivity contribution in [1.29, 1.82) is 0 Å². The largest absolute Gasteiger partial charge is 0.325 e. The van der Waals surface area contributed by atoms with E-state index in [9.17, 15) is 9.59 Å². The first kappa shape index (κ1) is 22.5. The number of hydrogen-bond donors (Lipinski definition) is 1. The van der Waals surface area contributed by atoms with Crippen molar-refractivity contribution in [3.05, 3.63) is 41.1 Å². The summed E-state index contributed by atoms with van der Waals surface area (Å²) in [6, 6.07) is 5.97. The molecule has 30 heavy (non-hydrogen) atoms. The van der Waals surface area contributed by atoms with E-state index in [1.807, 2.05) is 24.0 Å². The van der Waals surface area contributed by atoms with Crippen LogP contribution in [0.1, 0.15) is 43.7 Å². The van der Waals surface area contributed by atoms with Crippen LogP contribution in [0.4, 0.5) is 5.69 Å². The highest BCUT2D eigenvalue weighted by atomic mass is 16.2. The first-order valence-corrected chi connectivity index (χ1v) is 11.3. The number of amides is 2. The van der Waals surface area contributed by atoms with Gasteiger partial charge in [-0.15, -0.1) is 0 Å². The van der Waals surface area contributed by atoms with Crippen molar-refractivity contribution >= 4 is 17.5 Å². The SMILES string of the molecule is CCCN(C(=O)CN1CCN(CC(=O)Nc2cccc(C)c2C)CC1)C1=CCCC1. The average molecular weight is 413 g/mol. The van der Waals surface area contributed by atoms with Gasteiger partial charge in [0.2, 0.25) is 11.8 Å². The third kappa shape index (κ3) is 5.92. The number of nitrogens with zero attached hydrogens (tertiary/aromatic N) is 3. The number of piperazine rings is 1. The fourth-order valence-corrected chi connectivity index (χ4v) is 4.21. The van der Waals surface area contributed by atoms with Gasteiger partial charge in [0.1, 0.15) is 0 Å². The fraction of sp³-hybridized carbons (Fsp3) is 0.583. The number of anilines is 1. The maximum Gasteiger partial charge on any atom is 0.240 e. The summed E-state index contributed by atoms with van der Waals surface area (Å²) in [5, 5.41) is 3.04. The number of carbonyl (C=O) groups is 2. The predicted octanol–water partition coefficient (Wildman–Crippen LogP) is 3.17. The quantitative estimate of drug-likeness (QED) is 0.713. The lowest BCUT2D eigenvalue weighted by molar-refractivity contribution is -0.131. The standard InChI is InChI=1S/C24H36N4O2/c1-4-12-28(21-9-5-6-10-21)24(30)18-27-15-13-26(14-16-27)17-23(29)25-22-11-7-8-19(2)20(22)3/h7-9,11H,4-6,10,12-18H2,1-3H3,(H,25,29). The van der Waals surface area contributed by atoms with Crippen molar-refractivity contribution in [2.24, 2.45) is 0 Å². The third-order valence-corrected chi connectivity index (χ3v) is 6.18. The van der Waals surface area contributed by atoms with Crippen LogP contribution in [0.2, 0.25) is 0 Å². The normalized spacial score (nSPS) is 17.6. The number of carbonyl (C=O) groups excluding carboxylic acids is 2. The van der Waals surface area contributed by atoms with Crippen LogP contribution in [0.25, 0.3) is 0 Å². The van der Waals surface area contributed by atoms with Crippen LogP contribution < -0.4 is 5.32 Å². The highest BCUT2D eigenvalue weighted by Crippen LogP contribution is 2.22. The lowest BCUT2D eigenvalue weighted by atomic mass is 10.1. The summed E-state index contributed by atoms with van der Waals surface area (Å²) < 4.78 is 0. The molecule has 3 rings (SSSR count). The second kappa shape index (κ2) is 10.7. The molecule has 164 valence electrons. The minimum atomic E-state index is 0.0236. The molecule has 2 aliphatic rings. The lowest BCUT2D eigenvalue weighted by Crippen LogP contribution is -2.51. The molecule has 0 radical (unpaired) electrons. The zero-order chi connectivity index (χ0) is 21.5. The molecular weight excluding hydrogens is 376 g/mol. The Labute approximate surface area is 180 Å². The van der Waals surface area contributed by atoms with Gasteiger partial charge < -0.3 is 10.2 Å². The monoisotopic (exact) mass is 412 g/mol. The number of rotatable bonds is 8. The van der Waals surface area contributed by atoms with Crippen LogP contribution in [0.5, 0.6) is 0 Å². The van der Waals surface area contributed by atoms with E-state index in [0.717, 1.165) is 69.7 Å². The molecule has 1 aromatic carbocycles. The molecule has 1 aliphatic carbocycles. The van der Waals surface area contributed by atoms with Gasteiger partial charge in [0, 0.05) is 44.1 Å². The maximum absolute atomic E-state index is 12.9. The van der Waals surface area contributed by atoms with Crippen molar-refractivity contribution in [2.75, 3.05) is 51.1 Å². The van der Waals surface area contributed by atoms with Crippen molar-refractivity contribution in [3.8, 4) is 0 Å². The summed E-state index contributed by atoms with van der Waals surface area (Å²) >= 11 is 0. The molecular formula is C24H36N4O2. The molecule has 1 N–H and O–H groups in total. The number of aryl methyl sites for hydroxylation is 1. The number of allylic oxidation sites excluding steroid dienone is 2. The molecule has 0 bridgehead atoms. The molecule has 0 aromatic heterocycles. The predicted molar refractivity (Wildman–Crippen MR) is 121 cm³/mol. The van der Waals surface area contributed by atoms with E-state index >= 15 is 0 Å². The van der Waals surface area contributed by atoms with Crippen molar-refractivity contribution < 1.29 is 9.59 Å². The zero-order valence-electron chi connectivity index (χ0n) is 18.7. The Bertz CT molecular complexity index is 781. The van der Waals surface area contributed by atoms with Gasteiger partial charge in [0.25, 0.3) is 0 Å². The first-order chi connectivity index (χ1) is 14.5. The number of hydrogen-bond acceptors (Lipinski definition) is 4. The first-order valence-electron chi connectivity index (χ1n) is 11.3. The van der Waals surface area contributed by atoms with Gasteiger partial charge in [-0.2, -0.15) is 0 Å². The average Bonchev–Trinajstić information content (AvgIpc) is 3.25. The summed E-state index contributed by atoms with van der Waals surface area (Å²) in [5.74, 6) is 0.238. The molecule has 1 fully saturated rings. The molecule has 0 spiro atoms. The Morgan fingerprint density at radius 1 is 1.07 bits per heavy atom. The van der Waals surface area contributed by atoms with E-state index in [1.165, 1.54) is 11.3 Å². The molecule has 0 atom stereocenters. The minimum Gasteiger partial charge on any atom is -0.325 e. The Hall–Kier alpha value is -2.18. The molecule has 6 nitrogen and oxygen atoms in total. The summed E-state index contributed by atoms with van der Waals surface area (Å²) in [6.07, 6.45) is 6.47. The lowest BCUT2D eigenvalue weighted by Gasteiger charge is -2.35. The Kier molecular flexibility index (Phi) is 8.05. The summed E-state index contributed by atoms with van der Waals surface area (Å²) in [7, 11) is 0. The van der Waals surface area contributed by atoms with E-state index in [-0.39, 0.29) is 11.8 Å².